The Balaban J connectivity index is 2.51. The quantitative estimate of drug-likeness (QED) is 0.550. The van der Waals surface area contributed by atoms with Gasteiger partial charge in [0.25, 0.3) is 0 Å². The van der Waals surface area contributed by atoms with Gasteiger partial charge in [-0.1, -0.05) is 12.8 Å². The highest BCUT2D eigenvalue weighted by Gasteiger charge is 2.63. The van der Waals surface area contributed by atoms with Crippen LogP contribution in [0.25, 0.3) is 0 Å². The van der Waals surface area contributed by atoms with Crippen molar-refractivity contribution in [1.29, 1.82) is 0 Å². The molecule has 14 heavy (non-hydrogen) atoms. The van der Waals surface area contributed by atoms with Crippen LogP contribution >= 0.6 is 0 Å². The molecule has 0 N–H and O–H groups in total. The smallest absolute Gasteiger partial charge is 0.235 e. The van der Waals surface area contributed by atoms with E-state index in [0.717, 1.165) is 25.7 Å². The van der Waals surface area contributed by atoms with Gasteiger partial charge in [-0.15, -0.1) is 0 Å². The van der Waals surface area contributed by atoms with Gasteiger partial charge in [-0.25, -0.2) is 0 Å². The summed E-state index contributed by atoms with van der Waals surface area (Å²) >= 11 is 0. The lowest BCUT2D eigenvalue weighted by Gasteiger charge is -2.40. The van der Waals surface area contributed by atoms with Crippen LogP contribution in [0.2, 0.25) is 0 Å². The molecule has 2 rings (SSSR count). The number of carbonyl (C=O) groups is 2. The van der Waals surface area contributed by atoms with Crippen LogP contribution in [-0.2, 0) is 9.59 Å². The van der Waals surface area contributed by atoms with E-state index in [9.17, 15) is 9.59 Å². The van der Waals surface area contributed by atoms with Crippen LogP contribution in [0.4, 0.5) is 0 Å². The summed E-state index contributed by atoms with van der Waals surface area (Å²) in [5.74, 6) is 0.0365. The average Bonchev–Trinajstić information content (AvgIpc) is 2.30. The lowest BCUT2D eigenvalue weighted by molar-refractivity contribution is -0.139. The van der Waals surface area contributed by atoms with Gasteiger partial charge in [-0.2, -0.15) is 0 Å². The molecule has 2 aliphatic rings. The Hall–Kier alpha value is -0.860. The van der Waals surface area contributed by atoms with E-state index in [0.29, 0.717) is 0 Å². The second-order valence-corrected chi connectivity index (χ2v) is 5.04. The highest BCUT2D eigenvalue weighted by molar-refractivity contribution is 6.09. The van der Waals surface area contributed by atoms with Crippen LogP contribution < -0.4 is 0 Å². The first kappa shape index (κ1) is 9.69. The third kappa shape index (κ3) is 0.830. The van der Waals surface area contributed by atoms with Crippen molar-refractivity contribution in [3.05, 3.63) is 0 Å². The molecule has 2 amide bonds. The maximum absolute atomic E-state index is 12.0. The second-order valence-electron chi connectivity index (χ2n) is 5.04. The zero-order valence-corrected chi connectivity index (χ0v) is 9.09. The fourth-order valence-electron chi connectivity index (χ4n) is 3.03. The minimum atomic E-state index is -0.433. The van der Waals surface area contributed by atoms with Crippen molar-refractivity contribution in [2.45, 2.75) is 39.5 Å². The summed E-state index contributed by atoms with van der Waals surface area (Å²) in [5, 5.41) is 0. The summed E-state index contributed by atoms with van der Waals surface area (Å²) < 4.78 is 0. The lowest BCUT2D eigenvalue weighted by atomic mass is 9.59. The van der Waals surface area contributed by atoms with E-state index in [1.54, 1.807) is 7.05 Å². The van der Waals surface area contributed by atoms with Gasteiger partial charge in [0.05, 0.1) is 10.8 Å². The summed E-state index contributed by atoms with van der Waals surface area (Å²) in [5.41, 5.74) is -0.867. The van der Waals surface area contributed by atoms with Crippen LogP contribution in [0.3, 0.4) is 0 Å². The molecule has 3 nitrogen and oxygen atoms in total. The van der Waals surface area contributed by atoms with Crippen molar-refractivity contribution in [3.8, 4) is 0 Å². The summed E-state index contributed by atoms with van der Waals surface area (Å²) in [6.07, 6.45) is 3.86. The standard InChI is InChI=1S/C11H17NO2/c1-10-6-4-5-7-11(10,2)9(14)12(3)8(10)13/h4-7H2,1-3H3/t10-,11+. The Bertz CT molecular complexity index is 282. The van der Waals surface area contributed by atoms with Gasteiger partial charge in [0.15, 0.2) is 0 Å². The molecule has 0 spiro atoms. The monoisotopic (exact) mass is 195 g/mol. The third-order valence-electron chi connectivity index (χ3n) is 4.37. The lowest BCUT2D eigenvalue weighted by Crippen LogP contribution is -2.42. The van der Waals surface area contributed by atoms with Crippen LogP contribution in [-0.4, -0.2) is 23.8 Å². The van der Waals surface area contributed by atoms with E-state index in [2.05, 4.69) is 0 Å². The van der Waals surface area contributed by atoms with Gasteiger partial charge < -0.3 is 0 Å². The molecule has 0 bridgehead atoms. The highest BCUT2D eigenvalue weighted by atomic mass is 16.2. The number of likely N-dealkylation sites (tertiary alicyclic amines) is 1. The third-order valence-corrected chi connectivity index (χ3v) is 4.37. The highest BCUT2D eigenvalue weighted by Crippen LogP contribution is 2.56. The number of imide groups is 1. The van der Waals surface area contributed by atoms with Crippen molar-refractivity contribution in [2.24, 2.45) is 10.8 Å². The number of fused-ring (bicyclic) bond motifs is 1. The van der Waals surface area contributed by atoms with Crippen molar-refractivity contribution in [1.82, 2.24) is 4.90 Å². The summed E-state index contributed by atoms with van der Waals surface area (Å²) in [6, 6.07) is 0. The predicted molar refractivity (Wildman–Crippen MR) is 52.5 cm³/mol. The molecule has 0 radical (unpaired) electrons. The molecule has 2 atom stereocenters. The fraction of sp³-hybridized carbons (Fsp3) is 0.818. The van der Waals surface area contributed by atoms with Crippen molar-refractivity contribution in [2.75, 3.05) is 7.05 Å². The molecule has 0 unspecified atom stereocenters. The Kier molecular flexibility index (Phi) is 1.79. The van der Waals surface area contributed by atoms with Gasteiger partial charge in [-0.3, -0.25) is 14.5 Å². The number of carbonyl (C=O) groups excluding carboxylic acids is 2. The van der Waals surface area contributed by atoms with E-state index < -0.39 is 10.8 Å². The van der Waals surface area contributed by atoms with Crippen LogP contribution in [0.5, 0.6) is 0 Å². The Morgan fingerprint density at radius 1 is 1.00 bits per heavy atom. The molecular weight excluding hydrogens is 178 g/mol. The van der Waals surface area contributed by atoms with E-state index in [-0.39, 0.29) is 11.8 Å². The summed E-state index contributed by atoms with van der Waals surface area (Å²) in [6.45, 7) is 3.91. The van der Waals surface area contributed by atoms with Gasteiger partial charge >= 0.3 is 0 Å². The minimum absolute atomic E-state index is 0.0182. The zero-order chi connectivity index (χ0) is 10.6. The maximum Gasteiger partial charge on any atom is 0.235 e. The second kappa shape index (κ2) is 2.59. The molecule has 2 fully saturated rings. The Labute approximate surface area is 84.5 Å². The molecule has 1 saturated carbocycles. The number of amides is 2. The Morgan fingerprint density at radius 3 is 1.71 bits per heavy atom. The topological polar surface area (TPSA) is 37.4 Å². The largest absolute Gasteiger partial charge is 0.285 e. The molecule has 1 saturated heterocycles. The summed E-state index contributed by atoms with van der Waals surface area (Å²) in [4.78, 5) is 25.3. The molecule has 78 valence electrons. The van der Waals surface area contributed by atoms with Crippen molar-refractivity contribution >= 4 is 11.8 Å². The maximum atomic E-state index is 12.0. The molecule has 1 aliphatic heterocycles. The molecule has 0 aromatic carbocycles. The van der Waals surface area contributed by atoms with E-state index in [1.807, 2.05) is 13.8 Å². The summed E-state index contributed by atoms with van der Waals surface area (Å²) in [7, 11) is 1.61. The van der Waals surface area contributed by atoms with Crippen LogP contribution in [0, 0.1) is 10.8 Å². The molecule has 0 aromatic heterocycles. The minimum Gasteiger partial charge on any atom is -0.285 e. The van der Waals surface area contributed by atoms with Crippen LogP contribution in [0.1, 0.15) is 39.5 Å². The number of hydrogen-bond acceptors (Lipinski definition) is 2. The van der Waals surface area contributed by atoms with Gasteiger partial charge in [0.2, 0.25) is 11.8 Å². The molecule has 3 heteroatoms. The first-order valence-corrected chi connectivity index (χ1v) is 5.26. The van der Waals surface area contributed by atoms with Gasteiger partial charge in [0, 0.05) is 7.05 Å². The average molecular weight is 195 g/mol. The first-order valence-electron chi connectivity index (χ1n) is 5.26. The van der Waals surface area contributed by atoms with Crippen LogP contribution in [0.15, 0.2) is 0 Å². The fourth-order valence-corrected chi connectivity index (χ4v) is 3.03. The SMILES string of the molecule is CN1C(=O)[C@]2(C)CCCC[C@]2(C)C1=O. The molecule has 1 aliphatic carbocycles. The molecular formula is C11H17NO2. The van der Waals surface area contributed by atoms with E-state index >= 15 is 0 Å². The van der Waals surface area contributed by atoms with Crippen molar-refractivity contribution < 1.29 is 9.59 Å². The Morgan fingerprint density at radius 2 is 1.36 bits per heavy atom. The van der Waals surface area contributed by atoms with E-state index in [4.69, 9.17) is 0 Å². The van der Waals surface area contributed by atoms with E-state index in [1.165, 1.54) is 4.90 Å². The van der Waals surface area contributed by atoms with Gasteiger partial charge in [0.1, 0.15) is 0 Å². The number of rotatable bonds is 0. The number of nitrogens with zero attached hydrogens (tertiary/aromatic N) is 1. The van der Waals surface area contributed by atoms with Crippen molar-refractivity contribution in [3.63, 3.8) is 0 Å². The molecule has 1 heterocycles. The number of hydrogen-bond donors (Lipinski definition) is 0. The van der Waals surface area contributed by atoms with Gasteiger partial charge in [-0.05, 0) is 26.7 Å². The predicted octanol–water partition coefficient (Wildman–Crippen LogP) is 1.57. The normalized spacial score (nSPS) is 42.9. The zero-order valence-electron chi connectivity index (χ0n) is 9.09. The molecule has 0 aromatic rings. The first-order chi connectivity index (χ1) is 6.43.